The van der Waals surface area contributed by atoms with Crippen LogP contribution in [-0.4, -0.2) is 22.9 Å². The smallest absolute Gasteiger partial charge is 0.263 e. The summed E-state index contributed by atoms with van der Waals surface area (Å²) in [5.41, 5.74) is -0.0497. The molecule has 0 aromatic carbocycles. The van der Waals surface area contributed by atoms with E-state index in [1.54, 1.807) is 24.6 Å². The standard InChI is InChI=1S/C15H21N3O2/c1-5-18(15(2,3)4)11-12(9-16)14(19)17-10-13-7-6-8-20-13/h6-8,11H,5,10H2,1-4H3,(H,17,19)/b12-11-. The molecule has 1 heterocycles. The van der Waals surface area contributed by atoms with E-state index in [1.165, 1.54) is 0 Å². The highest BCUT2D eigenvalue weighted by Crippen LogP contribution is 2.14. The van der Waals surface area contributed by atoms with Crippen LogP contribution in [0.2, 0.25) is 0 Å². The number of carbonyl (C=O) groups is 1. The Labute approximate surface area is 119 Å². The maximum Gasteiger partial charge on any atom is 0.263 e. The van der Waals surface area contributed by atoms with Crippen LogP contribution >= 0.6 is 0 Å². The van der Waals surface area contributed by atoms with Crippen molar-refractivity contribution in [3.05, 3.63) is 35.9 Å². The topological polar surface area (TPSA) is 69.3 Å². The van der Waals surface area contributed by atoms with Gasteiger partial charge in [0.2, 0.25) is 0 Å². The highest BCUT2D eigenvalue weighted by Gasteiger charge is 2.19. The minimum absolute atomic E-state index is 0.0910. The summed E-state index contributed by atoms with van der Waals surface area (Å²) in [6.45, 7) is 9.07. The molecule has 1 aromatic heterocycles. The van der Waals surface area contributed by atoms with Crippen molar-refractivity contribution < 1.29 is 9.21 Å². The van der Waals surface area contributed by atoms with Crippen molar-refractivity contribution in [1.82, 2.24) is 10.2 Å². The fourth-order valence-electron chi connectivity index (χ4n) is 1.73. The van der Waals surface area contributed by atoms with Crippen molar-refractivity contribution in [2.45, 2.75) is 39.8 Å². The molecule has 0 saturated carbocycles. The second-order valence-corrected chi connectivity index (χ2v) is 5.37. The molecule has 0 aliphatic rings. The van der Waals surface area contributed by atoms with E-state index in [1.807, 2.05) is 38.7 Å². The third-order valence-corrected chi connectivity index (χ3v) is 2.86. The number of nitrogens with zero attached hydrogens (tertiary/aromatic N) is 2. The molecule has 1 rings (SSSR count). The average Bonchev–Trinajstić information content (AvgIpc) is 2.89. The molecule has 0 bridgehead atoms. The van der Waals surface area contributed by atoms with Gasteiger partial charge in [0.25, 0.3) is 5.91 Å². The maximum atomic E-state index is 12.0. The second-order valence-electron chi connectivity index (χ2n) is 5.37. The molecule has 0 fully saturated rings. The molecule has 20 heavy (non-hydrogen) atoms. The molecule has 0 saturated heterocycles. The molecule has 0 aliphatic heterocycles. The number of hydrogen-bond acceptors (Lipinski definition) is 4. The van der Waals surface area contributed by atoms with Crippen LogP contribution in [0.15, 0.2) is 34.6 Å². The summed E-state index contributed by atoms with van der Waals surface area (Å²) >= 11 is 0. The van der Waals surface area contributed by atoms with E-state index in [9.17, 15) is 4.79 Å². The van der Waals surface area contributed by atoms with Gasteiger partial charge >= 0.3 is 0 Å². The van der Waals surface area contributed by atoms with Gasteiger partial charge < -0.3 is 14.6 Å². The summed E-state index contributed by atoms with van der Waals surface area (Å²) < 4.78 is 5.13. The molecule has 5 nitrogen and oxygen atoms in total. The Morgan fingerprint density at radius 2 is 2.25 bits per heavy atom. The van der Waals surface area contributed by atoms with Gasteiger partial charge in [0.05, 0.1) is 12.8 Å². The Morgan fingerprint density at radius 3 is 2.70 bits per heavy atom. The summed E-state index contributed by atoms with van der Waals surface area (Å²) in [5, 5.41) is 11.8. The van der Waals surface area contributed by atoms with Crippen LogP contribution in [0.5, 0.6) is 0 Å². The van der Waals surface area contributed by atoms with Crippen LogP contribution in [0.25, 0.3) is 0 Å². The number of hydrogen-bond donors (Lipinski definition) is 1. The zero-order chi connectivity index (χ0) is 15.2. The largest absolute Gasteiger partial charge is 0.467 e. The molecule has 1 aromatic rings. The van der Waals surface area contributed by atoms with Gasteiger partial charge in [0.15, 0.2) is 0 Å². The van der Waals surface area contributed by atoms with Crippen LogP contribution in [0.3, 0.4) is 0 Å². The summed E-state index contributed by atoms with van der Waals surface area (Å²) in [7, 11) is 0. The lowest BCUT2D eigenvalue weighted by molar-refractivity contribution is -0.117. The summed E-state index contributed by atoms with van der Waals surface area (Å²) in [6, 6.07) is 5.46. The van der Waals surface area contributed by atoms with Crippen molar-refractivity contribution >= 4 is 5.91 Å². The van der Waals surface area contributed by atoms with E-state index in [2.05, 4.69) is 5.32 Å². The van der Waals surface area contributed by atoms with Crippen molar-refractivity contribution in [1.29, 1.82) is 5.26 Å². The van der Waals surface area contributed by atoms with Crippen molar-refractivity contribution in [2.75, 3.05) is 6.54 Å². The zero-order valence-electron chi connectivity index (χ0n) is 12.4. The number of furan rings is 1. The van der Waals surface area contributed by atoms with E-state index >= 15 is 0 Å². The van der Waals surface area contributed by atoms with Gasteiger partial charge in [-0.05, 0) is 39.8 Å². The summed E-state index contributed by atoms with van der Waals surface area (Å²) in [4.78, 5) is 13.9. The number of rotatable bonds is 5. The third-order valence-electron chi connectivity index (χ3n) is 2.86. The van der Waals surface area contributed by atoms with E-state index in [0.717, 1.165) is 6.54 Å². The Kier molecular flexibility index (Phi) is 5.39. The summed E-state index contributed by atoms with van der Waals surface area (Å²) in [5.74, 6) is 0.255. The molecule has 0 atom stereocenters. The van der Waals surface area contributed by atoms with E-state index in [-0.39, 0.29) is 17.7 Å². The van der Waals surface area contributed by atoms with Gasteiger partial charge in [-0.1, -0.05) is 0 Å². The van der Waals surface area contributed by atoms with Gasteiger partial charge in [-0.15, -0.1) is 0 Å². The third kappa shape index (κ3) is 4.47. The molecule has 108 valence electrons. The van der Waals surface area contributed by atoms with Crippen LogP contribution in [0, 0.1) is 11.3 Å². The van der Waals surface area contributed by atoms with Crippen LogP contribution in [-0.2, 0) is 11.3 Å². The Morgan fingerprint density at radius 1 is 1.55 bits per heavy atom. The fraction of sp³-hybridized carbons (Fsp3) is 0.467. The van der Waals surface area contributed by atoms with Gasteiger partial charge in [0, 0.05) is 18.3 Å². The highest BCUT2D eigenvalue weighted by atomic mass is 16.3. The Bertz CT molecular complexity index is 504. The first-order chi connectivity index (χ1) is 9.38. The lowest BCUT2D eigenvalue weighted by Crippen LogP contribution is -2.38. The van der Waals surface area contributed by atoms with Crippen molar-refractivity contribution in [3.63, 3.8) is 0 Å². The van der Waals surface area contributed by atoms with E-state index in [0.29, 0.717) is 5.76 Å². The molecule has 1 amide bonds. The normalized spacial score (nSPS) is 11.8. The summed E-state index contributed by atoms with van der Waals surface area (Å²) in [6.07, 6.45) is 3.15. The SMILES string of the molecule is CCN(/C=C(/C#N)C(=O)NCc1ccco1)C(C)(C)C. The predicted octanol–water partition coefficient (Wildman–Crippen LogP) is 2.42. The first-order valence-electron chi connectivity index (χ1n) is 6.57. The van der Waals surface area contributed by atoms with Crippen LogP contribution in [0.1, 0.15) is 33.5 Å². The average molecular weight is 275 g/mol. The van der Waals surface area contributed by atoms with E-state index < -0.39 is 5.91 Å². The molecular weight excluding hydrogens is 254 g/mol. The minimum atomic E-state index is -0.397. The molecule has 0 radical (unpaired) electrons. The second kappa shape index (κ2) is 6.80. The van der Waals surface area contributed by atoms with Gasteiger partial charge in [0.1, 0.15) is 17.4 Å². The molecule has 0 spiro atoms. The van der Waals surface area contributed by atoms with Crippen molar-refractivity contribution in [2.24, 2.45) is 0 Å². The molecule has 1 N–H and O–H groups in total. The minimum Gasteiger partial charge on any atom is -0.467 e. The Balaban J connectivity index is 2.74. The lowest BCUT2D eigenvalue weighted by Gasteiger charge is -2.33. The number of amides is 1. The van der Waals surface area contributed by atoms with Gasteiger partial charge in [-0.25, -0.2) is 0 Å². The van der Waals surface area contributed by atoms with Gasteiger partial charge in [-0.3, -0.25) is 4.79 Å². The Hall–Kier alpha value is -2.22. The quantitative estimate of drug-likeness (QED) is 0.662. The molecule has 0 unspecified atom stereocenters. The van der Waals surface area contributed by atoms with Crippen molar-refractivity contribution in [3.8, 4) is 6.07 Å². The molecular formula is C15H21N3O2. The highest BCUT2D eigenvalue weighted by molar-refractivity contribution is 5.97. The zero-order valence-corrected chi connectivity index (χ0v) is 12.4. The lowest BCUT2D eigenvalue weighted by atomic mass is 10.1. The predicted molar refractivity (Wildman–Crippen MR) is 76.4 cm³/mol. The molecule has 5 heteroatoms. The number of nitriles is 1. The maximum absolute atomic E-state index is 12.0. The number of carbonyl (C=O) groups excluding carboxylic acids is 1. The fourth-order valence-corrected chi connectivity index (χ4v) is 1.73. The van der Waals surface area contributed by atoms with Crippen LogP contribution in [0.4, 0.5) is 0 Å². The number of nitrogens with one attached hydrogen (secondary N) is 1. The van der Waals surface area contributed by atoms with E-state index in [4.69, 9.17) is 9.68 Å². The monoisotopic (exact) mass is 275 g/mol. The first kappa shape index (κ1) is 15.8. The first-order valence-corrected chi connectivity index (χ1v) is 6.57. The molecule has 0 aliphatic carbocycles. The van der Waals surface area contributed by atoms with Crippen LogP contribution < -0.4 is 5.32 Å². The van der Waals surface area contributed by atoms with Gasteiger partial charge in [-0.2, -0.15) is 5.26 Å².